The van der Waals surface area contributed by atoms with Crippen LogP contribution >= 0.6 is 0 Å². The Morgan fingerprint density at radius 1 is 0.885 bits per heavy atom. The van der Waals surface area contributed by atoms with Crippen molar-refractivity contribution >= 4 is 21.7 Å². The molecule has 3 aromatic carbocycles. The van der Waals surface area contributed by atoms with E-state index in [4.69, 9.17) is 4.98 Å². The molecule has 0 saturated heterocycles. The average Bonchev–Trinajstić information content (AvgIpc) is 2.67. The molecular formula is C24H22N2. The predicted molar refractivity (Wildman–Crippen MR) is 109 cm³/mol. The van der Waals surface area contributed by atoms with Gasteiger partial charge in [-0.2, -0.15) is 0 Å². The Labute approximate surface area is 154 Å². The van der Waals surface area contributed by atoms with E-state index in [1.807, 2.05) is 0 Å². The van der Waals surface area contributed by atoms with Gasteiger partial charge in [0.2, 0.25) is 0 Å². The van der Waals surface area contributed by atoms with E-state index in [0.717, 1.165) is 30.7 Å². The highest BCUT2D eigenvalue weighted by Crippen LogP contribution is 2.37. The Balaban J connectivity index is 1.92. The zero-order chi connectivity index (χ0) is 17.7. The lowest BCUT2D eigenvalue weighted by Crippen LogP contribution is -2.27. The standard InChI is InChI=1S/C24H22N2/c1-16-7-3-5-9-18(16)24-21-15-26(2)14-13-20(21)23-19-10-6-4-8-17(19)11-12-22(23)25-24/h3-12H,13-15H2,1-2H3. The number of pyridine rings is 1. The maximum absolute atomic E-state index is 5.18. The SMILES string of the molecule is Cc1ccccc1-c1nc2ccc3ccccc3c2c2c1CN(C)CC2. The van der Waals surface area contributed by atoms with Gasteiger partial charge in [0.25, 0.3) is 0 Å². The first kappa shape index (κ1) is 15.5. The predicted octanol–water partition coefficient (Wildman–Crippen LogP) is 5.35. The zero-order valence-electron chi connectivity index (χ0n) is 15.3. The fourth-order valence-electron chi connectivity index (χ4n) is 4.31. The molecule has 0 aliphatic carbocycles. The molecule has 0 unspecified atom stereocenters. The van der Waals surface area contributed by atoms with Crippen molar-refractivity contribution in [1.82, 2.24) is 9.88 Å². The van der Waals surface area contributed by atoms with Crippen LogP contribution in [0.4, 0.5) is 0 Å². The molecule has 26 heavy (non-hydrogen) atoms. The highest BCUT2D eigenvalue weighted by atomic mass is 15.1. The lowest BCUT2D eigenvalue weighted by atomic mass is 9.89. The summed E-state index contributed by atoms with van der Waals surface area (Å²) in [6.07, 6.45) is 1.08. The number of nitrogens with zero attached hydrogens (tertiary/aromatic N) is 2. The van der Waals surface area contributed by atoms with E-state index >= 15 is 0 Å². The lowest BCUT2D eigenvalue weighted by molar-refractivity contribution is 0.314. The summed E-state index contributed by atoms with van der Waals surface area (Å²) in [5.41, 5.74) is 7.71. The van der Waals surface area contributed by atoms with E-state index < -0.39 is 0 Å². The van der Waals surface area contributed by atoms with Gasteiger partial charge < -0.3 is 4.90 Å². The summed E-state index contributed by atoms with van der Waals surface area (Å²) in [5, 5.41) is 3.98. The van der Waals surface area contributed by atoms with Gasteiger partial charge in [-0.3, -0.25) is 0 Å². The second-order valence-corrected chi connectivity index (χ2v) is 7.40. The number of fused-ring (bicyclic) bond motifs is 5. The molecule has 2 heteroatoms. The van der Waals surface area contributed by atoms with Crippen molar-refractivity contribution in [2.24, 2.45) is 0 Å². The second-order valence-electron chi connectivity index (χ2n) is 7.40. The second kappa shape index (κ2) is 5.93. The first-order valence-corrected chi connectivity index (χ1v) is 9.30. The summed E-state index contributed by atoms with van der Waals surface area (Å²) in [4.78, 5) is 7.58. The van der Waals surface area contributed by atoms with Crippen molar-refractivity contribution in [3.8, 4) is 11.3 Å². The Morgan fingerprint density at radius 3 is 2.58 bits per heavy atom. The summed E-state index contributed by atoms with van der Waals surface area (Å²) < 4.78 is 0. The Kier molecular flexibility index (Phi) is 3.54. The molecule has 0 bridgehead atoms. The van der Waals surface area contributed by atoms with E-state index in [1.165, 1.54) is 38.4 Å². The summed E-state index contributed by atoms with van der Waals surface area (Å²) in [6, 6.07) is 21.7. The monoisotopic (exact) mass is 338 g/mol. The molecule has 5 rings (SSSR count). The van der Waals surface area contributed by atoms with E-state index in [0.29, 0.717) is 0 Å². The summed E-state index contributed by atoms with van der Waals surface area (Å²) in [5.74, 6) is 0. The number of likely N-dealkylation sites (N-methyl/N-ethyl adjacent to an activating group) is 1. The fraction of sp³-hybridized carbons (Fsp3) is 0.208. The van der Waals surface area contributed by atoms with Crippen LogP contribution in [0.3, 0.4) is 0 Å². The van der Waals surface area contributed by atoms with Crippen molar-refractivity contribution in [1.29, 1.82) is 0 Å². The zero-order valence-corrected chi connectivity index (χ0v) is 15.3. The third-order valence-corrected chi connectivity index (χ3v) is 5.66. The Hall–Kier alpha value is -2.71. The molecule has 2 nitrogen and oxygen atoms in total. The summed E-state index contributed by atoms with van der Waals surface area (Å²) in [7, 11) is 2.21. The summed E-state index contributed by atoms with van der Waals surface area (Å²) in [6.45, 7) is 4.24. The molecule has 0 fully saturated rings. The number of aromatic nitrogens is 1. The maximum Gasteiger partial charge on any atom is 0.0760 e. The minimum atomic E-state index is 0.963. The van der Waals surface area contributed by atoms with Gasteiger partial charge in [0.1, 0.15) is 0 Å². The minimum Gasteiger partial charge on any atom is -0.302 e. The van der Waals surface area contributed by atoms with Crippen LogP contribution in [-0.4, -0.2) is 23.5 Å². The van der Waals surface area contributed by atoms with Crippen LogP contribution in [0.2, 0.25) is 0 Å². The molecule has 0 N–H and O–H groups in total. The first-order chi connectivity index (χ1) is 12.7. The van der Waals surface area contributed by atoms with Crippen LogP contribution in [-0.2, 0) is 13.0 Å². The molecule has 0 amide bonds. The van der Waals surface area contributed by atoms with Crippen LogP contribution in [0.15, 0.2) is 60.7 Å². The van der Waals surface area contributed by atoms with Gasteiger partial charge in [0, 0.05) is 24.0 Å². The van der Waals surface area contributed by atoms with Crippen LogP contribution in [0.25, 0.3) is 32.9 Å². The van der Waals surface area contributed by atoms with Crippen LogP contribution in [0.1, 0.15) is 16.7 Å². The highest BCUT2D eigenvalue weighted by molar-refractivity contribution is 6.09. The van der Waals surface area contributed by atoms with Gasteiger partial charge >= 0.3 is 0 Å². The van der Waals surface area contributed by atoms with Crippen molar-refractivity contribution in [2.45, 2.75) is 19.9 Å². The Bertz CT molecular complexity index is 1140. The van der Waals surface area contributed by atoms with Gasteiger partial charge in [-0.1, -0.05) is 54.6 Å². The molecule has 0 atom stereocenters. The van der Waals surface area contributed by atoms with Gasteiger partial charge in [-0.15, -0.1) is 0 Å². The maximum atomic E-state index is 5.18. The molecular weight excluding hydrogens is 316 g/mol. The van der Waals surface area contributed by atoms with Gasteiger partial charge in [0.05, 0.1) is 11.2 Å². The first-order valence-electron chi connectivity index (χ1n) is 9.30. The highest BCUT2D eigenvalue weighted by Gasteiger charge is 2.23. The van der Waals surface area contributed by atoms with Crippen molar-refractivity contribution in [3.05, 3.63) is 77.4 Å². The van der Waals surface area contributed by atoms with Crippen molar-refractivity contribution in [2.75, 3.05) is 13.6 Å². The molecule has 1 aromatic heterocycles. The lowest BCUT2D eigenvalue weighted by Gasteiger charge is -2.28. The number of hydrogen-bond acceptors (Lipinski definition) is 2. The van der Waals surface area contributed by atoms with E-state index in [-0.39, 0.29) is 0 Å². The number of aryl methyl sites for hydroxylation is 1. The van der Waals surface area contributed by atoms with Gasteiger partial charge in [0.15, 0.2) is 0 Å². The molecule has 0 radical (unpaired) electrons. The molecule has 4 aromatic rings. The molecule has 1 aliphatic heterocycles. The third kappa shape index (κ3) is 2.33. The van der Waals surface area contributed by atoms with E-state index in [1.54, 1.807) is 0 Å². The van der Waals surface area contributed by atoms with Crippen LogP contribution < -0.4 is 0 Å². The third-order valence-electron chi connectivity index (χ3n) is 5.66. The number of hydrogen-bond donors (Lipinski definition) is 0. The molecule has 128 valence electrons. The van der Waals surface area contributed by atoms with Crippen molar-refractivity contribution < 1.29 is 0 Å². The quantitative estimate of drug-likeness (QED) is 0.435. The fourth-order valence-corrected chi connectivity index (χ4v) is 4.31. The molecule has 0 saturated carbocycles. The topological polar surface area (TPSA) is 16.1 Å². The average molecular weight is 338 g/mol. The van der Waals surface area contributed by atoms with Crippen LogP contribution in [0, 0.1) is 6.92 Å². The minimum absolute atomic E-state index is 0.963. The molecule has 1 aliphatic rings. The van der Waals surface area contributed by atoms with Gasteiger partial charge in [-0.05, 0) is 53.9 Å². The largest absolute Gasteiger partial charge is 0.302 e. The number of rotatable bonds is 1. The van der Waals surface area contributed by atoms with E-state index in [9.17, 15) is 0 Å². The van der Waals surface area contributed by atoms with Crippen molar-refractivity contribution in [3.63, 3.8) is 0 Å². The molecule has 2 heterocycles. The van der Waals surface area contributed by atoms with Gasteiger partial charge in [-0.25, -0.2) is 4.98 Å². The normalized spacial score (nSPS) is 14.7. The van der Waals surface area contributed by atoms with Crippen LogP contribution in [0.5, 0.6) is 0 Å². The summed E-state index contributed by atoms with van der Waals surface area (Å²) >= 11 is 0. The van der Waals surface area contributed by atoms with E-state index in [2.05, 4.69) is 79.5 Å². The smallest absolute Gasteiger partial charge is 0.0760 e. The molecule has 0 spiro atoms. The Morgan fingerprint density at radius 2 is 1.69 bits per heavy atom. The number of benzene rings is 3.